The molecule has 3 rings (SSSR count). The second-order valence-electron chi connectivity index (χ2n) is 5.20. The van der Waals surface area contributed by atoms with Crippen LogP contribution in [0.1, 0.15) is 42.4 Å². The standard InChI is InChI=1S/C16H18N2O3/c1-3-11(2)18-7-6-12(17-18)9-20-13-4-5-14-15(19)10-21-16(14)8-13/h4-8,11H,3,9-10H2,1-2H3. The van der Waals surface area contributed by atoms with E-state index in [2.05, 4.69) is 18.9 Å². The van der Waals surface area contributed by atoms with Crippen LogP contribution in [0.5, 0.6) is 11.5 Å². The van der Waals surface area contributed by atoms with Gasteiger partial charge in [-0.25, -0.2) is 0 Å². The molecule has 0 radical (unpaired) electrons. The highest BCUT2D eigenvalue weighted by Gasteiger charge is 2.21. The Morgan fingerprint density at radius 1 is 1.43 bits per heavy atom. The normalized spacial score (nSPS) is 14.7. The third kappa shape index (κ3) is 2.77. The molecule has 0 spiro atoms. The molecule has 0 N–H and O–H groups in total. The topological polar surface area (TPSA) is 53.4 Å². The van der Waals surface area contributed by atoms with Crippen molar-refractivity contribution in [3.63, 3.8) is 0 Å². The molecular formula is C16H18N2O3. The quantitative estimate of drug-likeness (QED) is 0.848. The van der Waals surface area contributed by atoms with Crippen molar-refractivity contribution in [2.75, 3.05) is 6.61 Å². The maximum absolute atomic E-state index is 11.5. The highest BCUT2D eigenvalue weighted by molar-refractivity contribution is 6.02. The van der Waals surface area contributed by atoms with Crippen LogP contribution in [0.2, 0.25) is 0 Å². The number of ether oxygens (including phenoxy) is 2. The smallest absolute Gasteiger partial charge is 0.203 e. The molecule has 0 bridgehead atoms. The number of nitrogens with zero attached hydrogens (tertiary/aromatic N) is 2. The maximum Gasteiger partial charge on any atom is 0.203 e. The van der Waals surface area contributed by atoms with Gasteiger partial charge in [0.25, 0.3) is 0 Å². The average molecular weight is 286 g/mol. The van der Waals surface area contributed by atoms with Gasteiger partial charge in [0.1, 0.15) is 18.1 Å². The number of carbonyl (C=O) groups is 1. The Morgan fingerprint density at radius 2 is 2.29 bits per heavy atom. The van der Waals surface area contributed by atoms with Gasteiger partial charge in [0.15, 0.2) is 6.61 Å². The van der Waals surface area contributed by atoms with Crippen LogP contribution in [0.15, 0.2) is 30.5 Å². The maximum atomic E-state index is 11.5. The Hall–Kier alpha value is -2.30. The van der Waals surface area contributed by atoms with Crippen molar-refractivity contribution >= 4 is 5.78 Å². The van der Waals surface area contributed by atoms with Gasteiger partial charge in [0, 0.05) is 18.3 Å². The third-order valence-corrected chi connectivity index (χ3v) is 3.70. The van der Waals surface area contributed by atoms with E-state index in [4.69, 9.17) is 9.47 Å². The van der Waals surface area contributed by atoms with E-state index in [0.29, 0.717) is 29.7 Å². The second kappa shape index (κ2) is 5.60. The fourth-order valence-corrected chi connectivity index (χ4v) is 2.21. The Labute approximate surface area is 123 Å². The molecule has 0 amide bonds. The molecule has 5 nitrogen and oxygen atoms in total. The van der Waals surface area contributed by atoms with Crippen LogP contribution < -0.4 is 9.47 Å². The monoisotopic (exact) mass is 286 g/mol. The summed E-state index contributed by atoms with van der Waals surface area (Å²) in [5.74, 6) is 1.30. The molecule has 110 valence electrons. The van der Waals surface area contributed by atoms with Crippen LogP contribution in [0.25, 0.3) is 0 Å². The first-order valence-corrected chi connectivity index (χ1v) is 7.14. The molecule has 21 heavy (non-hydrogen) atoms. The number of ketones is 1. The van der Waals surface area contributed by atoms with E-state index < -0.39 is 0 Å². The zero-order valence-electron chi connectivity index (χ0n) is 12.2. The van der Waals surface area contributed by atoms with Gasteiger partial charge in [-0.2, -0.15) is 5.10 Å². The van der Waals surface area contributed by atoms with E-state index in [9.17, 15) is 4.79 Å². The van der Waals surface area contributed by atoms with Gasteiger partial charge in [0.2, 0.25) is 5.78 Å². The van der Waals surface area contributed by atoms with E-state index in [1.54, 1.807) is 18.2 Å². The van der Waals surface area contributed by atoms with Gasteiger partial charge in [-0.3, -0.25) is 9.48 Å². The van der Waals surface area contributed by atoms with Crippen molar-refractivity contribution in [1.29, 1.82) is 0 Å². The van der Waals surface area contributed by atoms with Crippen LogP contribution >= 0.6 is 0 Å². The number of hydrogen-bond acceptors (Lipinski definition) is 4. The zero-order valence-corrected chi connectivity index (χ0v) is 12.2. The van der Waals surface area contributed by atoms with Crippen molar-refractivity contribution in [3.05, 3.63) is 41.7 Å². The molecule has 1 atom stereocenters. The molecule has 2 heterocycles. The van der Waals surface area contributed by atoms with Gasteiger partial charge in [-0.15, -0.1) is 0 Å². The number of Topliss-reactive ketones (excluding diaryl/α,β-unsaturated/α-hetero) is 1. The number of rotatable bonds is 5. The van der Waals surface area contributed by atoms with Gasteiger partial charge >= 0.3 is 0 Å². The second-order valence-corrected chi connectivity index (χ2v) is 5.20. The highest BCUT2D eigenvalue weighted by Crippen LogP contribution is 2.29. The number of hydrogen-bond donors (Lipinski definition) is 0. The average Bonchev–Trinajstić information content (AvgIpc) is 3.12. The van der Waals surface area contributed by atoms with E-state index in [-0.39, 0.29) is 12.4 Å². The Balaban J connectivity index is 1.65. The SMILES string of the molecule is CCC(C)n1ccc(COc2ccc3c(c2)OCC3=O)n1. The molecular weight excluding hydrogens is 268 g/mol. The molecule has 1 aromatic carbocycles. The third-order valence-electron chi connectivity index (χ3n) is 3.70. The summed E-state index contributed by atoms with van der Waals surface area (Å²) in [6.07, 6.45) is 3.01. The van der Waals surface area contributed by atoms with E-state index >= 15 is 0 Å². The highest BCUT2D eigenvalue weighted by atomic mass is 16.5. The lowest BCUT2D eigenvalue weighted by Crippen LogP contribution is -2.05. The molecule has 5 heteroatoms. The van der Waals surface area contributed by atoms with Crippen molar-refractivity contribution in [3.8, 4) is 11.5 Å². The minimum Gasteiger partial charge on any atom is -0.487 e. The summed E-state index contributed by atoms with van der Waals surface area (Å²) in [5, 5.41) is 4.49. The predicted molar refractivity (Wildman–Crippen MR) is 77.8 cm³/mol. The lowest BCUT2D eigenvalue weighted by Gasteiger charge is -2.08. The summed E-state index contributed by atoms with van der Waals surface area (Å²) in [5.41, 5.74) is 1.51. The molecule has 0 aliphatic carbocycles. The lowest BCUT2D eigenvalue weighted by atomic mass is 10.1. The van der Waals surface area contributed by atoms with E-state index in [1.165, 1.54) is 0 Å². The van der Waals surface area contributed by atoms with Crippen molar-refractivity contribution in [1.82, 2.24) is 9.78 Å². The zero-order chi connectivity index (χ0) is 14.8. The fraction of sp³-hybridized carbons (Fsp3) is 0.375. The molecule has 1 aliphatic rings. The van der Waals surface area contributed by atoms with Gasteiger partial charge < -0.3 is 9.47 Å². The first kappa shape index (κ1) is 13.7. The summed E-state index contributed by atoms with van der Waals surface area (Å²) in [4.78, 5) is 11.5. The molecule has 2 aromatic rings. The summed E-state index contributed by atoms with van der Waals surface area (Å²) < 4.78 is 13.0. The summed E-state index contributed by atoms with van der Waals surface area (Å²) >= 11 is 0. The number of benzene rings is 1. The minimum atomic E-state index is 0.0175. The van der Waals surface area contributed by atoms with Gasteiger partial charge in [-0.05, 0) is 31.5 Å². The molecule has 1 aliphatic heterocycles. The minimum absolute atomic E-state index is 0.0175. The van der Waals surface area contributed by atoms with Crippen LogP contribution in [0.3, 0.4) is 0 Å². The molecule has 1 unspecified atom stereocenters. The Morgan fingerprint density at radius 3 is 3.10 bits per heavy atom. The van der Waals surface area contributed by atoms with Gasteiger partial charge in [0.05, 0.1) is 11.3 Å². The fourth-order valence-electron chi connectivity index (χ4n) is 2.21. The summed E-state index contributed by atoms with van der Waals surface area (Å²) in [7, 11) is 0. The van der Waals surface area contributed by atoms with Crippen molar-refractivity contribution in [2.45, 2.75) is 32.9 Å². The number of fused-ring (bicyclic) bond motifs is 1. The first-order chi connectivity index (χ1) is 10.2. The van der Waals surface area contributed by atoms with Crippen LogP contribution in [0, 0.1) is 0 Å². The number of carbonyl (C=O) groups excluding carboxylic acids is 1. The predicted octanol–water partition coefficient (Wildman–Crippen LogP) is 3.01. The Bertz CT molecular complexity index is 663. The Kier molecular flexibility index (Phi) is 3.64. The van der Waals surface area contributed by atoms with Crippen molar-refractivity contribution in [2.24, 2.45) is 0 Å². The lowest BCUT2D eigenvalue weighted by molar-refractivity contribution is 0.0961. The molecule has 1 aromatic heterocycles. The molecule has 0 fully saturated rings. The number of aromatic nitrogens is 2. The molecule has 0 saturated heterocycles. The first-order valence-electron chi connectivity index (χ1n) is 7.14. The summed E-state index contributed by atoms with van der Waals surface area (Å²) in [6, 6.07) is 7.64. The van der Waals surface area contributed by atoms with Crippen LogP contribution in [-0.4, -0.2) is 22.2 Å². The molecule has 0 saturated carbocycles. The van der Waals surface area contributed by atoms with Gasteiger partial charge in [-0.1, -0.05) is 6.92 Å². The van der Waals surface area contributed by atoms with Crippen LogP contribution in [-0.2, 0) is 6.61 Å². The largest absolute Gasteiger partial charge is 0.487 e. The summed E-state index contributed by atoms with van der Waals surface area (Å²) in [6.45, 7) is 4.79. The van der Waals surface area contributed by atoms with Crippen LogP contribution in [0.4, 0.5) is 0 Å². The van der Waals surface area contributed by atoms with Crippen molar-refractivity contribution < 1.29 is 14.3 Å². The van der Waals surface area contributed by atoms with E-state index in [0.717, 1.165) is 12.1 Å². The van der Waals surface area contributed by atoms with E-state index in [1.807, 2.05) is 16.9 Å².